The normalized spacial score (nSPS) is 24.6. The summed E-state index contributed by atoms with van der Waals surface area (Å²) in [6.45, 7) is 6.91. The molecule has 3 heterocycles. The second kappa shape index (κ2) is 11.1. The quantitative estimate of drug-likeness (QED) is 0.260. The molecule has 5 rings (SSSR count). The summed E-state index contributed by atoms with van der Waals surface area (Å²) in [5.74, 6) is -1.39. The molecular weight excluding hydrogens is 545 g/mol. The van der Waals surface area contributed by atoms with Crippen LogP contribution in [0.25, 0.3) is 0 Å². The van der Waals surface area contributed by atoms with Gasteiger partial charge in [-0.3, -0.25) is 19.2 Å². The summed E-state index contributed by atoms with van der Waals surface area (Å²) in [7, 11) is -3.37. The number of carbonyl (C=O) groups is 2. The molecule has 41 heavy (non-hydrogen) atoms. The molecule has 0 unspecified atom stereocenters. The number of aliphatic hydroxyl groups is 2. The van der Waals surface area contributed by atoms with E-state index in [1.165, 1.54) is 6.92 Å². The summed E-state index contributed by atoms with van der Waals surface area (Å²) in [5, 5.41) is 29.8. The Hall–Kier alpha value is -3.45. The Labute approximate surface area is 239 Å². The standard InChI is InChI=1S/C29H36FN5O5Si/c1-18-26(41(3,4)30)25(12-14-34-17-21(13-15-36)32-33-34)40-29(18)23-16-20(31-27(38)19(2)37)10-11-24(23)35(28(29)39)22-8-6-5-7-9-22/h5-11,16-19,25-26,36-37H,12-15H2,1-4H3,(H,31,38)/t18-,19+,25+,26-,29+/m1/s1. The number of benzene rings is 2. The number of aromatic nitrogens is 3. The van der Waals surface area contributed by atoms with E-state index in [0.29, 0.717) is 47.7 Å². The monoisotopic (exact) mass is 581 g/mol. The van der Waals surface area contributed by atoms with Gasteiger partial charge in [-0.2, -0.15) is 0 Å². The Bertz CT molecular complexity index is 1430. The van der Waals surface area contributed by atoms with Crippen LogP contribution in [-0.4, -0.2) is 64.2 Å². The van der Waals surface area contributed by atoms with E-state index in [2.05, 4.69) is 15.6 Å². The number of rotatable bonds is 9. The van der Waals surface area contributed by atoms with Crippen molar-refractivity contribution in [1.29, 1.82) is 0 Å². The van der Waals surface area contributed by atoms with Crippen LogP contribution in [0.3, 0.4) is 0 Å². The Morgan fingerprint density at radius 1 is 1.24 bits per heavy atom. The highest BCUT2D eigenvalue weighted by Crippen LogP contribution is 2.61. The summed E-state index contributed by atoms with van der Waals surface area (Å²) in [5.41, 5.74) is 0.890. The maximum Gasteiger partial charge on any atom is 0.268 e. The van der Waals surface area contributed by atoms with Gasteiger partial charge in [0.2, 0.25) is 8.41 Å². The zero-order valence-corrected chi connectivity index (χ0v) is 24.6. The van der Waals surface area contributed by atoms with Crippen molar-refractivity contribution in [3.8, 4) is 0 Å². The number of para-hydroxylation sites is 1. The highest BCUT2D eigenvalue weighted by atomic mass is 28.4. The Morgan fingerprint density at radius 2 is 1.98 bits per heavy atom. The number of hydrogen-bond donors (Lipinski definition) is 3. The Kier molecular flexibility index (Phi) is 7.85. The molecular formula is C29H36FN5O5Si. The number of amides is 2. The predicted molar refractivity (Wildman–Crippen MR) is 154 cm³/mol. The fourth-order valence-electron chi connectivity index (χ4n) is 6.34. The number of ether oxygens (including phenoxy) is 1. The van der Waals surface area contributed by atoms with Crippen molar-refractivity contribution >= 4 is 37.3 Å². The highest BCUT2D eigenvalue weighted by molar-refractivity contribution is 6.72. The van der Waals surface area contributed by atoms with Crippen molar-refractivity contribution in [2.45, 2.75) is 69.7 Å². The first kappa shape index (κ1) is 29.1. The van der Waals surface area contributed by atoms with E-state index in [4.69, 9.17) is 4.74 Å². The number of carbonyl (C=O) groups excluding carboxylic acids is 2. The number of nitrogens with zero attached hydrogens (tertiary/aromatic N) is 4. The van der Waals surface area contributed by atoms with Crippen LogP contribution in [-0.2, 0) is 32.9 Å². The minimum Gasteiger partial charge on any atom is -0.396 e. The number of nitrogens with one attached hydrogen (secondary N) is 1. The van der Waals surface area contributed by atoms with Gasteiger partial charge in [-0.1, -0.05) is 30.3 Å². The molecule has 0 aliphatic carbocycles. The van der Waals surface area contributed by atoms with Crippen molar-refractivity contribution in [2.75, 3.05) is 16.8 Å². The number of aliphatic hydroxyl groups excluding tert-OH is 2. The molecule has 12 heteroatoms. The van der Waals surface area contributed by atoms with Crippen LogP contribution in [0.5, 0.6) is 0 Å². The minimum absolute atomic E-state index is 0.0345. The van der Waals surface area contributed by atoms with Crippen molar-refractivity contribution in [3.05, 3.63) is 66.0 Å². The number of aryl methyl sites for hydroxylation is 1. The van der Waals surface area contributed by atoms with Gasteiger partial charge in [-0.15, -0.1) is 5.10 Å². The molecule has 10 nitrogen and oxygen atoms in total. The molecule has 1 spiro atoms. The Morgan fingerprint density at radius 3 is 2.63 bits per heavy atom. The van der Waals surface area contributed by atoms with Crippen molar-refractivity contribution < 1.29 is 28.6 Å². The van der Waals surface area contributed by atoms with Gasteiger partial charge in [-0.05, 0) is 56.8 Å². The lowest BCUT2D eigenvalue weighted by atomic mass is 9.82. The molecule has 0 saturated carbocycles. The van der Waals surface area contributed by atoms with Crippen LogP contribution in [0.1, 0.15) is 31.5 Å². The van der Waals surface area contributed by atoms with Gasteiger partial charge < -0.3 is 24.4 Å². The van der Waals surface area contributed by atoms with E-state index in [1.54, 1.807) is 47.1 Å². The molecule has 2 aliphatic rings. The van der Waals surface area contributed by atoms with E-state index in [1.807, 2.05) is 37.3 Å². The molecule has 2 aliphatic heterocycles. The smallest absolute Gasteiger partial charge is 0.268 e. The van der Waals surface area contributed by atoms with E-state index in [0.717, 1.165) is 0 Å². The minimum atomic E-state index is -3.37. The molecule has 218 valence electrons. The lowest BCUT2D eigenvalue weighted by Gasteiger charge is -2.31. The molecule has 1 saturated heterocycles. The van der Waals surface area contributed by atoms with Crippen molar-refractivity contribution in [2.24, 2.45) is 5.92 Å². The topological polar surface area (TPSA) is 130 Å². The highest BCUT2D eigenvalue weighted by Gasteiger charge is 2.66. The fourth-order valence-corrected chi connectivity index (χ4v) is 8.88. The number of halogens is 1. The maximum atomic E-state index is 16.1. The van der Waals surface area contributed by atoms with Gasteiger partial charge in [0.25, 0.3) is 11.8 Å². The third-order valence-corrected chi connectivity index (χ3v) is 10.6. The fraction of sp³-hybridized carbons (Fsp3) is 0.448. The molecule has 0 radical (unpaired) electrons. The average Bonchev–Trinajstić information content (AvgIpc) is 3.57. The molecule has 5 atom stereocenters. The second-order valence-corrected chi connectivity index (χ2v) is 15.2. The van der Waals surface area contributed by atoms with E-state index in [-0.39, 0.29) is 12.5 Å². The van der Waals surface area contributed by atoms with E-state index < -0.39 is 43.6 Å². The zero-order valence-electron chi connectivity index (χ0n) is 23.6. The SMILES string of the molecule is C[C@H](O)C(=O)Nc1ccc2c(c1)[C@]1(O[C@@H](CCn3cc(CCO)nn3)[C@H]([Si](C)(C)F)[C@H]1C)C(=O)N2c1ccccc1. The Balaban J connectivity index is 1.57. The van der Waals surface area contributed by atoms with E-state index in [9.17, 15) is 19.8 Å². The van der Waals surface area contributed by atoms with Gasteiger partial charge in [0, 0.05) is 54.2 Å². The maximum absolute atomic E-state index is 16.1. The third-order valence-electron chi connectivity index (χ3n) is 8.13. The second-order valence-electron chi connectivity index (χ2n) is 11.4. The first-order valence-electron chi connectivity index (χ1n) is 13.9. The largest absolute Gasteiger partial charge is 0.396 e. The van der Waals surface area contributed by atoms with Crippen molar-refractivity contribution in [1.82, 2.24) is 15.0 Å². The molecule has 3 N–H and O–H groups in total. The number of hydrogen-bond acceptors (Lipinski definition) is 7. The molecule has 1 fully saturated rings. The lowest BCUT2D eigenvalue weighted by Crippen LogP contribution is -2.44. The van der Waals surface area contributed by atoms with Crippen LogP contribution in [0, 0.1) is 5.92 Å². The zero-order chi connectivity index (χ0) is 29.5. The van der Waals surface area contributed by atoms with E-state index >= 15 is 4.11 Å². The number of fused-ring (bicyclic) bond motifs is 2. The molecule has 2 amide bonds. The summed E-state index contributed by atoms with van der Waals surface area (Å²) >= 11 is 0. The predicted octanol–water partition coefficient (Wildman–Crippen LogP) is 3.68. The van der Waals surface area contributed by atoms with Crippen LogP contribution in [0.15, 0.2) is 54.7 Å². The van der Waals surface area contributed by atoms with Gasteiger partial charge in [-0.25, -0.2) is 0 Å². The summed E-state index contributed by atoms with van der Waals surface area (Å²) in [6.07, 6.45) is 0.753. The first-order valence-corrected chi connectivity index (χ1v) is 16.8. The molecule has 3 aromatic rings. The van der Waals surface area contributed by atoms with Gasteiger partial charge in [0.05, 0.1) is 17.5 Å². The molecule has 0 bridgehead atoms. The van der Waals surface area contributed by atoms with Crippen LogP contribution in [0.4, 0.5) is 21.2 Å². The summed E-state index contributed by atoms with van der Waals surface area (Å²) < 4.78 is 24.5. The van der Waals surface area contributed by atoms with Gasteiger partial charge in [0.15, 0.2) is 5.60 Å². The van der Waals surface area contributed by atoms with Gasteiger partial charge in [0.1, 0.15) is 6.10 Å². The van der Waals surface area contributed by atoms with Crippen molar-refractivity contribution in [3.63, 3.8) is 0 Å². The third kappa shape index (κ3) is 5.20. The van der Waals surface area contributed by atoms with Crippen LogP contribution in [0.2, 0.25) is 18.6 Å². The van der Waals surface area contributed by atoms with Crippen LogP contribution < -0.4 is 10.2 Å². The average molecular weight is 582 g/mol. The first-order chi connectivity index (χ1) is 19.5. The van der Waals surface area contributed by atoms with Gasteiger partial charge >= 0.3 is 0 Å². The molecule has 2 aromatic carbocycles. The number of anilines is 3. The lowest BCUT2D eigenvalue weighted by molar-refractivity contribution is -0.145. The molecule has 1 aromatic heterocycles. The summed E-state index contributed by atoms with van der Waals surface area (Å²) in [4.78, 5) is 28.4. The summed E-state index contributed by atoms with van der Waals surface area (Å²) in [6, 6.07) is 14.4. The van der Waals surface area contributed by atoms with Crippen LogP contribution >= 0.6 is 0 Å².